The Bertz CT molecular complexity index is 883. The summed E-state index contributed by atoms with van der Waals surface area (Å²) in [7, 11) is 0. The lowest BCUT2D eigenvalue weighted by atomic mass is 10.0. The number of carboxylic acids is 1. The third-order valence-electron chi connectivity index (χ3n) is 4.20. The van der Waals surface area contributed by atoms with Crippen molar-refractivity contribution in [2.75, 3.05) is 0 Å². The van der Waals surface area contributed by atoms with E-state index in [1.54, 1.807) is 13.0 Å². The van der Waals surface area contributed by atoms with Gasteiger partial charge >= 0.3 is 5.63 Å². The monoisotopic (exact) mass is 360 g/mol. The van der Waals surface area contributed by atoms with Crippen LogP contribution in [-0.2, 0) is 16.0 Å². The molecule has 0 unspecified atom stereocenters. The number of aliphatic carboxylic acids is 1. The average Bonchev–Trinajstić information content (AvgIpc) is 2.53. The molecule has 0 saturated heterocycles. The minimum Gasteiger partial charge on any atom is -0.548 e. The Morgan fingerprint density at radius 3 is 2.62 bits per heavy atom. The van der Waals surface area contributed by atoms with Gasteiger partial charge in [-0.05, 0) is 43.4 Å². The number of phenols is 1. The smallest absolute Gasteiger partial charge is 0.339 e. The van der Waals surface area contributed by atoms with Crippen molar-refractivity contribution < 1.29 is 24.2 Å². The first-order valence-corrected chi connectivity index (χ1v) is 8.44. The second-order valence-corrected chi connectivity index (χ2v) is 6.74. The summed E-state index contributed by atoms with van der Waals surface area (Å²) in [6, 6.07) is 3.43. The van der Waals surface area contributed by atoms with Crippen molar-refractivity contribution in [3.8, 4) is 5.75 Å². The van der Waals surface area contributed by atoms with Gasteiger partial charge in [0.25, 0.3) is 0 Å². The number of phenolic OH excluding ortho intramolecular Hbond substituents is 1. The molecule has 0 radical (unpaired) electrons. The molecule has 0 bridgehead atoms. The van der Waals surface area contributed by atoms with Gasteiger partial charge in [-0.3, -0.25) is 4.79 Å². The minimum atomic E-state index is -1.33. The molecule has 0 saturated carbocycles. The highest BCUT2D eigenvalue weighted by Gasteiger charge is 2.17. The summed E-state index contributed by atoms with van der Waals surface area (Å²) in [5.74, 6) is -1.72. The van der Waals surface area contributed by atoms with Gasteiger partial charge in [0.15, 0.2) is 0 Å². The number of carboxylic acid groups (broad SMARTS) is 1. The van der Waals surface area contributed by atoms with E-state index < -0.39 is 23.5 Å². The fraction of sp³-hybridized carbons (Fsp3) is 0.421. The van der Waals surface area contributed by atoms with Gasteiger partial charge in [0.2, 0.25) is 5.91 Å². The lowest BCUT2D eigenvalue weighted by Crippen LogP contribution is -2.48. The average molecular weight is 360 g/mol. The van der Waals surface area contributed by atoms with E-state index in [1.165, 1.54) is 12.1 Å². The third-order valence-corrected chi connectivity index (χ3v) is 4.20. The van der Waals surface area contributed by atoms with Gasteiger partial charge in [0, 0.05) is 23.4 Å². The minimum absolute atomic E-state index is 0.00866. The molecule has 1 amide bonds. The van der Waals surface area contributed by atoms with Crippen molar-refractivity contribution >= 4 is 22.8 Å². The van der Waals surface area contributed by atoms with Crippen LogP contribution in [0, 0.1) is 12.8 Å². The van der Waals surface area contributed by atoms with E-state index in [0.29, 0.717) is 16.5 Å². The van der Waals surface area contributed by atoms with Crippen molar-refractivity contribution in [1.82, 2.24) is 5.32 Å². The Morgan fingerprint density at radius 2 is 2.00 bits per heavy atom. The van der Waals surface area contributed by atoms with E-state index in [2.05, 4.69) is 5.32 Å². The number of amides is 1. The zero-order valence-corrected chi connectivity index (χ0v) is 15.0. The zero-order valence-electron chi connectivity index (χ0n) is 15.0. The second kappa shape index (κ2) is 8.03. The van der Waals surface area contributed by atoms with Crippen LogP contribution < -0.4 is 16.0 Å². The summed E-state index contributed by atoms with van der Waals surface area (Å²) in [5.41, 5.74) is 0.719. The van der Waals surface area contributed by atoms with E-state index in [-0.39, 0.29) is 36.5 Å². The lowest BCUT2D eigenvalue weighted by Gasteiger charge is -2.21. The van der Waals surface area contributed by atoms with Crippen LogP contribution in [0.25, 0.3) is 11.0 Å². The lowest BCUT2D eigenvalue weighted by molar-refractivity contribution is -0.308. The second-order valence-electron chi connectivity index (χ2n) is 6.74. The number of fused-ring (bicyclic) bond motifs is 1. The zero-order chi connectivity index (χ0) is 19.4. The molecule has 1 aromatic heterocycles. The van der Waals surface area contributed by atoms with Gasteiger partial charge in [-0.2, -0.15) is 0 Å². The Labute approximate surface area is 150 Å². The standard InChI is InChI=1S/C19H23NO6/c1-10(2)8-15(18(23)24)20-17(22)7-6-14-11(3)13-5-4-12(21)9-16(13)26-19(14)25/h4-5,9-10,15,21H,6-8H2,1-3H3,(H,20,22)(H,23,24)/p-1/t15-/m0/s1. The van der Waals surface area contributed by atoms with E-state index in [0.717, 1.165) is 0 Å². The van der Waals surface area contributed by atoms with Crippen LogP contribution in [0.4, 0.5) is 0 Å². The molecular formula is C19H22NO6-. The van der Waals surface area contributed by atoms with Crippen LogP contribution in [0.3, 0.4) is 0 Å². The highest BCUT2D eigenvalue weighted by atomic mass is 16.4. The van der Waals surface area contributed by atoms with Gasteiger partial charge in [-0.1, -0.05) is 13.8 Å². The van der Waals surface area contributed by atoms with E-state index in [4.69, 9.17) is 4.42 Å². The number of hydrogen-bond donors (Lipinski definition) is 2. The van der Waals surface area contributed by atoms with Crippen molar-refractivity contribution in [3.05, 3.63) is 39.7 Å². The number of carbonyl (C=O) groups excluding carboxylic acids is 2. The highest BCUT2D eigenvalue weighted by molar-refractivity contribution is 5.84. The number of benzene rings is 1. The predicted molar refractivity (Wildman–Crippen MR) is 93.6 cm³/mol. The maximum atomic E-state index is 12.2. The molecule has 1 atom stereocenters. The molecule has 0 aliphatic carbocycles. The summed E-state index contributed by atoms with van der Waals surface area (Å²) in [4.78, 5) is 35.4. The Kier molecular flexibility index (Phi) is 6.02. The Balaban J connectivity index is 2.14. The SMILES string of the molecule is Cc1c(CCC(=O)N[C@@H](CC(C)C)C(=O)[O-])c(=O)oc2cc(O)ccc12. The summed E-state index contributed by atoms with van der Waals surface area (Å²) < 4.78 is 5.21. The molecule has 1 heterocycles. The maximum absolute atomic E-state index is 12.2. The summed E-state index contributed by atoms with van der Waals surface area (Å²) in [5, 5.41) is 23.7. The summed E-state index contributed by atoms with van der Waals surface area (Å²) in [6.07, 6.45) is 0.351. The van der Waals surface area contributed by atoms with Gasteiger partial charge in [0.1, 0.15) is 11.3 Å². The van der Waals surface area contributed by atoms with Gasteiger partial charge in [0.05, 0.1) is 12.0 Å². The number of aryl methyl sites for hydroxylation is 1. The Hall–Kier alpha value is -2.83. The number of carbonyl (C=O) groups is 2. The summed E-state index contributed by atoms with van der Waals surface area (Å²) >= 11 is 0. The number of hydrogen-bond acceptors (Lipinski definition) is 6. The van der Waals surface area contributed by atoms with Crippen molar-refractivity contribution in [2.45, 2.75) is 46.1 Å². The highest BCUT2D eigenvalue weighted by Crippen LogP contribution is 2.23. The van der Waals surface area contributed by atoms with E-state index >= 15 is 0 Å². The molecule has 0 fully saturated rings. The van der Waals surface area contributed by atoms with Gasteiger partial charge in [-0.15, -0.1) is 0 Å². The molecule has 26 heavy (non-hydrogen) atoms. The quantitative estimate of drug-likeness (QED) is 0.712. The molecular weight excluding hydrogens is 338 g/mol. The molecule has 0 aliphatic rings. The Morgan fingerprint density at radius 1 is 1.31 bits per heavy atom. The third kappa shape index (κ3) is 4.62. The molecule has 2 N–H and O–H groups in total. The van der Waals surface area contributed by atoms with Crippen LogP contribution in [0.5, 0.6) is 5.75 Å². The van der Waals surface area contributed by atoms with Crippen molar-refractivity contribution in [2.24, 2.45) is 5.92 Å². The molecule has 1 aromatic carbocycles. The summed E-state index contributed by atoms with van der Waals surface area (Å²) in [6.45, 7) is 5.44. The van der Waals surface area contributed by atoms with E-state index in [9.17, 15) is 24.6 Å². The van der Waals surface area contributed by atoms with Crippen LogP contribution in [0.15, 0.2) is 27.4 Å². The van der Waals surface area contributed by atoms with Gasteiger partial charge < -0.3 is 24.7 Å². The fourth-order valence-electron chi connectivity index (χ4n) is 2.86. The molecule has 140 valence electrons. The van der Waals surface area contributed by atoms with Crippen LogP contribution in [0.1, 0.15) is 37.8 Å². The van der Waals surface area contributed by atoms with Gasteiger partial charge in [-0.25, -0.2) is 4.79 Å². The normalized spacial score (nSPS) is 12.3. The molecule has 7 heteroatoms. The molecule has 2 rings (SSSR count). The molecule has 2 aromatic rings. The fourth-order valence-corrected chi connectivity index (χ4v) is 2.86. The van der Waals surface area contributed by atoms with Crippen LogP contribution in [-0.4, -0.2) is 23.0 Å². The topological polar surface area (TPSA) is 120 Å². The van der Waals surface area contributed by atoms with E-state index in [1.807, 2.05) is 13.8 Å². The van der Waals surface area contributed by atoms with Crippen molar-refractivity contribution in [3.63, 3.8) is 0 Å². The first-order valence-electron chi connectivity index (χ1n) is 8.44. The maximum Gasteiger partial charge on any atom is 0.339 e. The first-order chi connectivity index (χ1) is 12.2. The molecule has 0 spiro atoms. The largest absolute Gasteiger partial charge is 0.548 e. The predicted octanol–water partition coefficient (Wildman–Crippen LogP) is 1.02. The van der Waals surface area contributed by atoms with Crippen LogP contribution in [0.2, 0.25) is 0 Å². The number of rotatable bonds is 7. The molecule has 7 nitrogen and oxygen atoms in total. The van der Waals surface area contributed by atoms with Crippen LogP contribution >= 0.6 is 0 Å². The number of aromatic hydroxyl groups is 1. The van der Waals surface area contributed by atoms with Crippen molar-refractivity contribution in [1.29, 1.82) is 0 Å². The first kappa shape index (κ1) is 19.5. The molecule has 0 aliphatic heterocycles. The number of nitrogens with one attached hydrogen (secondary N) is 1.